The molecule has 0 spiro atoms. The predicted octanol–water partition coefficient (Wildman–Crippen LogP) is 0.658. The van der Waals surface area contributed by atoms with Crippen LogP contribution in [0.4, 0.5) is 0 Å². The molecule has 0 aromatic rings. The van der Waals surface area contributed by atoms with E-state index in [-0.39, 0.29) is 11.7 Å². The van der Waals surface area contributed by atoms with Gasteiger partial charge in [0.05, 0.1) is 11.7 Å². The standard InChI is InChI=1S/C10H20O4/c1-5-6-7(11)8(12)9(13-6)14-10(2,3)4/h6-9,11-12H,5H2,1-4H3/t6-,7?,8-,9-/m0/s1. The Morgan fingerprint density at radius 2 is 1.79 bits per heavy atom. The van der Waals surface area contributed by atoms with Crippen LogP contribution in [0.3, 0.4) is 0 Å². The van der Waals surface area contributed by atoms with Gasteiger partial charge in [0.1, 0.15) is 12.2 Å². The number of hydrogen-bond donors (Lipinski definition) is 2. The third kappa shape index (κ3) is 2.67. The number of hydrogen-bond acceptors (Lipinski definition) is 4. The molecule has 1 aliphatic heterocycles. The third-order valence-electron chi connectivity index (χ3n) is 2.19. The Bertz CT molecular complexity index is 187. The van der Waals surface area contributed by atoms with E-state index in [2.05, 4.69) is 0 Å². The summed E-state index contributed by atoms with van der Waals surface area (Å²) in [4.78, 5) is 0. The Hall–Kier alpha value is -0.160. The van der Waals surface area contributed by atoms with Crippen molar-refractivity contribution in [2.24, 2.45) is 0 Å². The molecule has 0 aromatic carbocycles. The summed E-state index contributed by atoms with van der Waals surface area (Å²) in [6.45, 7) is 7.55. The topological polar surface area (TPSA) is 58.9 Å². The summed E-state index contributed by atoms with van der Waals surface area (Å²) in [5, 5.41) is 19.2. The molecule has 1 heterocycles. The molecular weight excluding hydrogens is 184 g/mol. The van der Waals surface area contributed by atoms with Gasteiger partial charge in [-0.3, -0.25) is 0 Å². The van der Waals surface area contributed by atoms with Crippen molar-refractivity contribution in [3.63, 3.8) is 0 Å². The summed E-state index contributed by atoms with van der Waals surface area (Å²) in [7, 11) is 0. The fourth-order valence-corrected chi connectivity index (χ4v) is 1.50. The molecule has 0 radical (unpaired) electrons. The highest BCUT2D eigenvalue weighted by atomic mass is 16.7. The Morgan fingerprint density at radius 3 is 2.14 bits per heavy atom. The zero-order valence-electron chi connectivity index (χ0n) is 9.23. The molecule has 1 aliphatic rings. The summed E-state index contributed by atoms with van der Waals surface area (Å²) < 4.78 is 10.9. The maximum atomic E-state index is 9.62. The molecule has 4 nitrogen and oxygen atoms in total. The van der Waals surface area contributed by atoms with Gasteiger partial charge in [-0.05, 0) is 27.2 Å². The van der Waals surface area contributed by atoms with Crippen LogP contribution in [-0.2, 0) is 9.47 Å². The van der Waals surface area contributed by atoms with Crippen LogP contribution in [0.5, 0.6) is 0 Å². The summed E-state index contributed by atoms with van der Waals surface area (Å²) in [5.41, 5.74) is -0.381. The average Bonchev–Trinajstić information content (AvgIpc) is 2.30. The van der Waals surface area contributed by atoms with Crippen molar-refractivity contribution in [3.05, 3.63) is 0 Å². The molecule has 84 valence electrons. The monoisotopic (exact) mass is 204 g/mol. The zero-order valence-corrected chi connectivity index (χ0v) is 9.23. The van der Waals surface area contributed by atoms with Gasteiger partial charge >= 0.3 is 0 Å². The van der Waals surface area contributed by atoms with Crippen molar-refractivity contribution in [1.29, 1.82) is 0 Å². The normalized spacial score (nSPS) is 39.0. The molecule has 0 saturated carbocycles. The van der Waals surface area contributed by atoms with Gasteiger partial charge in [0, 0.05) is 0 Å². The van der Waals surface area contributed by atoms with E-state index in [9.17, 15) is 10.2 Å². The Kier molecular flexibility index (Phi) is 3.53. The third-order valence-corrected chi connectivity index (χ3v) is 2.19. The van der Waals surface area contributed by atoms with E-state index < -0.39 is 18.5 Å². The Morgan fingerprint density at radius 1 is 1.21 bits per heavy atom. The molecule has 0 bridgehead atoms. The SMILES string of the molecule is CC[C@@H]1O[C@@H](OC(C)(C)C)[C@@H](O)C1O. The Labute approximate surface area is 84.8 Å². The van der Waals surface area contributed by atoms with E-state index in [4.69, 9.17) is 9.47 Å². The first kappa shape index (κ1) is 11.9. The van der Waals surface area contributed by atoms with Gasteiger partial charge in [0.15, 0.2) is 6.29 Å². The zero-order chi connectivity index (χ0) is 10.9. The van der Waals surface area contributed by atoms with Gasteiger partial charge in [-0.1, -0.05) is 6.92 Å². The lowest BCUT2D eigenvalue weighted by atomic mass is 10.1. The van der Waals surface area contributed by atoms with Crippen LogP contribution in [0.25, 0.3) is 0 Å². The minimum atomic E-state index is -0.945. The lowest BCUT2D eigenvalue weighted by molar-refractivity contribution is -0.212. The van der Waals surface area contributed by atoms with E-state index >= 15 is 0 Å². The highest BCUT2D eigenvalue weighted by molar-refractivity contribution is 4.86. The fourth-order valence-electron chi connectivity index (χ4n) is 1.50. The largest absolute Gasteiger partial charge is 0.387 e. The second-order valence-electron chi connectivity index (χ2n) is 4.66. The smallest absolute Gasteiger partial charge is 0.187 e. The minimum Gasteiger partial charge on any atom is -0.387 e. The van der Waals surface area contributed by atoms with E-state index in [0.29, 0.717) is 6.42 Å². The minimum absolute atomic E-state index is 0.322. The fraction of sp³-hybridized carbons (Fsp3) is 1.00. The molecule has 4 heteroatoms. The molecule has 1 rings (SSSR count). The van der Waals surface area contributed by atoms with Crippen LogP contribution in [0, 0.1) is 0 Å². The van der Waals surface area contributed by atoms with Gasteiger partial charge in [-0.15, -0.1) is 0 Å². The highest BCUT2D eigenvalue weighted by Gasteiger charge is 2.43. The lowest BCUT2D eigenvalue weighted by Crippen LogP contribution is -2.37. The van der Waals surface area contributed by atoms with Crippen LogP contribution in [-0.4, -0.2) is 40.4 Å². The first-order chi connectivity index (χ1) is 6.35. The second kappa shape index (κ2) is 4.14. The van der Waals surface area contributed by atoms with Crippen molar-refractivity contribution >= 4 is 0 Å². The predicted molar refractivity (Wildman–Crippen MR) is 51.8 cm³/mol. The molecule has 1 unspecified atom stereocenters. The number of aliphatic hydroxyl groups excluding tert-OH is 2. The van der Waals surface area contributed by atoms with Crippen LogP contribution in [0.1, 0.15) is 34.1 Å². The van der Waals surface area contributed by atoms with Crippen LogP contribution < -0.4 is 0 Å². The summed E-state index contributed by atoms with van der Waals surface area (Å²) in [5.74, 6) is 0. The summed E-state index contributed by atoms with van der Waals surface area (Å²) >= 11 is 0. The van der Waals surface area contributed by atoms with E-state index in [1.54, 1.807) is 0 Å². The van der Waals surface area contributed by atoms with E-state index in [0.717, 1.165) is 0 Å². The van der Waals surface area contributed by atoms with Crippen LogP contribution in [0.2, 0.25) is 0 Å². The molecule has 14 heavy (non-hydrogen) atoms. The molecule has 1 fully saturated rings. The first-order valence-electron chi connectivity index (χ1n) is 5.04. The van der Waals surface area contributed by atoms with E-state index in [1.807, 2.05) is 27.7 Å². The maximum Gasteiger partial charge on any atom is 0.187 e. The molecule has 1 saturated heterocycles. The van der Waals surface area contributed by atoms with Crippen molar-refractivity contribution in [2.75, 3.05) is 0 Å². The molecule has 0 aliphatic carbocycles. The van der Waals surface area contributed by atoms with Crippen molar-refractivity contribution in [2.45, 2.75) is 64.3 Å². The molecular formula is C10H20O4. The van der Waals surface area contributed by atoms with Crippen LogP contribution in [0.15, 0.2) is 0 Å². The molecule has 4 atom stereocenters. The van der Waals surface area contributed by atoms with Crippen molar-refractivity contribution in [3.8, 4) is 0 Å². The lowest BCUT2D eigenvalue weighted by Gasteiger charge is -2.26. The number of ether oxygens (including phenoxy) is 2. The number of aliphatic hydroxyl groups is 2. The quantitative estimate of drug-likeness (QED) is 0.693. The summed E-state index contributed by atoms with van der Waals surface area (Å²) in [6, 6.07) is 0. The molecule has 0 aromatic heterocycles. The number of rotatable bonds is 2. The Balaban J connectivity index is 2.57. The highest BCUT2D eigenvalue weighted by Crippen LogP contribution is 2.27. The maximum absolute atomic E-state index is 9.62. The van der Waals surface area contributed by atoms with Crippen molar-refractivity contribution < 1.29 is 19.7 Å². The van der Waals surface area contributed by atoms with Gasteiger partial charge in [0.25, 0.3) is 0 Å². The van der Waals surface area contributed by atoms with Gasteiger partial charge < -0.3 is 19.7 Å². The van der Waals surface area contributed by atoms with Gasteiger partial charge in [0.2, 0.25) is 0 Å². The van der Waals surface area contributed by atoms with Gasteiger partial charge in [-0.25, -0.2) is 0 Å². The van der Waals surface area contributed by atoms with E-state index in [1.165, 1.54) is 0 Å². The van der Waals surface area contributed by atoms with Crippen molar-refractivity contribution in [1.82, 2.24) is 0 Å². The summed E-state index contributed by atoms with van der Waals surface area (Å²) in [6.07, 6.45) is -2.15. The average molecular weight is 204 g/mol. The molecule has 0 amide bonds. The second-order valence-corrected chi connectivity index (χ2v) is 4.66. The van der Waals surface area contributed by atoms with Gasteiger partial charge in [-0.2, -0.15) is 0 Å². The molecule has 2 N–H and O–H groups in total. The first-order valence-corrected chi connectivity index (χ1v) is 5.04. The van der Waals surface area contributed by atoms with Crippen LogP contribution >= 0.6 is 0 Å².